The quantitative estimate of drug-likeness (QED) is 0.776. The SMILES string of the molecule is CN(C)Cc1cn(CC2CN(c3ccc(C4(C#N)CC4)cc3)C(=O)O2)nn1. The van der Waals surface area contributed by atoms with Gasteiger partial charge in [0.1, 0.15) is 6.10 Å². The van der Waals surface area contributed by atoms with E-state index in [0.717, 1.165) is 29.8 Å². The molecular formula is C19H22N6O2. The average molecular weight is 366 g/mol. The summed E-state index contributed by atoms with van der Waals surface area (Å²) in [6, 6.07) is 10.1. The molecule has 1 saturated heterocycles. The highest BCUT2D eigenvalue weighted by molar-refractivity contribution is 5.89. The van der Waals surface area contributed by atoms with E-state index in [9.17, 15) is 10.1 Å². The first-order chi connectivity index (χ1) is 13.0. The Balaban J connectivity index is 1.40. The van der Waals surface area contributed by atoms with E-state index < -0.39 is 0 Å². The zero-order valence-electron chi connectivity index (χ0n) is 15.5. The van der Waals surface area contributed by atoms with E-state index in [4.69, 9.17) is 4.74 Å². The molecule has 4 rings (SSSR count). The van der Waals surface area contributed by atoms with Crippen LogP contribution in [-0.4, -0.2) is 52.7 Å². The number of anilines is 1. The lowest BCUT2D eigenvalue weighted by atomic mass is 9.97. The molecule has 140 valence electrons. The second kappa shape index (κ2) is 6.67. The van der Waals surface area contributed by atoms with Gasteiger partial charge in [-0.15, -0.1) is 5.10 Å². The summed E-state index contributed by atoms with van der Waals surface area (Å²) >= 11 is 0. The van der Waals surface area contributed by atoms with Crippen molar-refractivity contribution >= 4 is 11.8 Å². The van der Waals surface area contributed by atoms with Crippen molar-refractivity contribution in [1.82, 2.24) is 19.9 Å². The molecule has 2 aromatic rings. The molecule has 0 spiro atoms. The highest BCUT2D eigenvalue weighted by Crippen LogP contribution is 2.47. The number of carbonyl (C=O) groups is 1. The third kappa shape index (κ3) is 3.51. The van der Waals surface area contributed by atoms with Crippen LogP contribution in [0.2, 0.25) is 0 Å². The van der Waals surface area contributed by atoms with E-state index >= 15 is 0 Å². The van der Waals surface area contributed by atoms with Gasteiger partial charge in [-0.3, -0.25) is 4.90 Å². The van der Waals surface area contributed by atoms with Crippen molar-refractivity contribution in [3.05, 3.63) is 41.7 Å². The molecule has 2 fully saturated rings. The lowest BCUT2D eigenvalue weighted by Gasteiger charge is -2.14. The lowest BCUT2D eigenvalue weighted by molar-refractivity contribution is 0.129. The Hall–Kier alpha value is -2.92. The molecule has 1 aromatic heterocycles. The van der Waals surface area contributed by atoms with Gasteiger partial charge in [-0.25, -0.2) is 9.48 Å². The minimum absolute atomic E-state index is 0.278. The number of rotatable bonds is 6. The Kier molecular flexibility index (Phi) is 4.32. The molecule has 27 heavy (non-hydrogen) atoms. The van der Waals surface area contributed by atoms with Crippen LogP contribution < -0.4 is 4.90 Å². The number of benzene rings is 1. The van der Waals surface area contributed by atoms with Crippen LogP contribution in [0.15, 0.2) is 30.5 Å². The van der Waals surface area contributed by atoms with Gasteiger partial charge in [0.15, 0.2) is 0 Å². The van der Waals surface area contributed by atoms with Crippen LogP contribution in [0.5, 0.6) is 0 Å². The van der Waals surface area contributed by atoms with Crippen LogP contribution >= 0.6 is 0 Å². The standard InChI is InChI=1S/C19H22N6O2/c1-23(2)9-15-10-24(22-21-15)11-17-12-25(18(26)27-17)16-5-3-14(4-6-16)19(13-20)7-8-19/h3-6,10,17H,7-9,11-12H2,1-2H3. The fraction of sp³-hybridized carbons (Fsp3) is 0.474. The van der Waals surface area contributed by atoms with Crippen molar-refractivity contribution in [2.24, 2.45) is 0 Å². The van der Waals surface area contributed by atoms with Crippen LogP contribution in [0, 0.1) is 11.3 Å². The summed E-state index contributed by atoms with van der Waals surface area (Å²) in [7, 11) is 3.95. The predicted molar refractivity (Wildman–Crippen MR) is 98.0 cm³/mol. The minimum Gasteiger partial charge on any atom is -0.442 e. The molecule has 2 heterocycles. The number of nitrogens with zero attached hydrogens (tertiary/aromatic N) is 6. The van der Waals surface area contributed by atoms with Gasteiger partial charge in [0.25, 0.3) is 0 Å². The maximum Gasteiger partial charge on any atom is 0.414 e. The molecule has 2 aliphatic rings. The number of cyclic esters (lactones) is 1. The van der Waals surface area contributed by atoms with E-state index in [1.54, 1.807) is 9.58 Å². The van der Waals surface area contributed by atoms with E-state index in [-0.39, 0.29) is 17.6 Å². The van der Waals surface area contributed by atoms with Crippen LogP contribution in [0.3, 0.4) is 0 Å². The maximum atomic E-state index is 12.3. The highest BCUT2D eigenvalue weighted by atomic mass is 16.6. The van der Waals surface area contributed by atoms with Gasteiger partial charge in [0, 0.05) is 18.4 Å². The molecule has 1 unspecified atom stereocenters. The Morgan fingerprint density at radius 3 is 2.70 bits per heavy atom. The van der Waals surface area contributed by atoms with Crippen molar-refractivity contribution in [3.8, 4) is 6.07 Å². The molecule has 1 aromatic carbocycles. The Bertz CT molecular complexity index is 878. The monoisotopic (exact) mass is 366 g/mol. The van der Waals surface area contributed by atoms with Crippen LogP contribution in [0.1, 0.15) is 24.1 Å². The highest BCUT2D eigenvalue weighted by Gasteiger charge is 2.45. The zero-order chi connectivity index (χ0) is 19.0. The largest absolute Gasteiger partial charge is 0.442 e. The smallest absolute Gasteiger partial charge is 0.414 e. The second-order valence-corrected chi connectivity index (χ2v) is 7.53. The van der Waals surface area contributed by atoms with Gasteiger partial charge >= 0.3 is 6.09 Å². The molecule has 1 saturated carbocycles. The molecule has 0 bridgehead atoms. The third-order valence-corrected chi connectivity index (χ3v) is 5.02. The summed E-state index contributed by atoms with van der Waals surface area (Å²) in [5.74, 6) is 0. The average Bonchev–Trinajstić information content (AvgIpc) is 3.20. The topological polar surface area (TPSA) is 87.3 Å². The molecule has 1 aliphatic heterocycles. The molecule has 1 amide bonds. The number of ether oxygens (including phenoxy) is 1. The molecule has 1 aliphatic carbocycles. The molecule has 0 N–H and O–H groups in total. The van der Waals surface area contributed by atoms with Crippen molar-refractivity contribution in [1.29, 1.82) is 5.26 Å². The fourth-order valence-electron chi connectivity index (χ4n) is 3.41. The third-order valence-electron chi connectivity index (χ3n) is 5.02. The first-order valence-electron chi connectivity index (χ1n) is 9.03. The summed E-state index contributed by atoms with van der Waals surface area (Å²) in [5, 5.41) is 17.5. The summed E-state index contributed by atoms with van der Waals surface area (Å²) in [6.07, 6.45) is 3.06. The first-order valence-corrected chi connectivity index (χ1v) is 9.03. The van der Waals surface area contributed by atoms with E-state index in [0.29, 0.717) is 19.6 Å². The Morgan fingerprint density at radius 1 is 1.33 bits per heavy atom. The number of carbonyl (C=O) groups excluding carboxylic acids is 1. The molecule has 1 atom stereocenters. The van der Waals surface area contributed by atoms with Crippen molar-refractivity contribution in [2.75, 3.05) is 25.5 Å². The van der Waals surface area contributed by atoms with Crippen LogP contribution in [-0.2, 0) is 23.2 Å². The van der Waals surface area contributed by atoms with Crippen molar-refractivity contribution in [3.63, 3.8) is 0 Å². The zero-order valence-corrected chi connectivity index (χ0v) is 15.5. The number of aromatic nitrogens is 3. The number of amides is 1. The van der Waals surface area contributed by atoms with Crippen molar-refractivity contribution in [2.45, 2.75) is 37.5 Å². The van der Waals surface area contributed by atoms with Crippen molar-refractivity contribution < 1.29 is 9.53 Å². The minimum atomic E-state index is -0.359. The first kappa shape index (κ1) is 17.5. The molecule has 0 radical (unpaired) electrons. The van der Waals surface area contributed by atoms with E-state index in [2.05, 4.69) is 16.4 Å². The van der Waals surface area contributed by atoms with Gasteiger partial charge in [-0.05, 0) is 44.6 Å². The summed E-state index contributed by atoms with van der Waals surface area (Å²) in [5.41, 5.74) is 2.37. The van der Waals surface area contributed by atoms with Gasteiger partial charge in [-0.2, -0.15) is 5.26 Å². The Morgan fingerprint density at radius 2 is 2.07 bits per heavy atom. The number of nitriles is 1. The van der Waals surface area contributed by atoms with E-state index in [1.807, 2.05) is 49.5 Å². The number of hydrogen-bond acceptors (Lipinski definition) is 6. The molecular weight excluding hydrogens is 344 g/mol. The summed E-state index contributed by atoms with van der Waals surface area (Å²) < 4.78 is 7.20. The van der Waals surface area contributed by atoms with Gasteiger partial charge < -0.3 is 9.64 Å². The molecule has 8 nitrogen and oxygen atoms in total. The lowest BCUT2D eigenvalue weighted by Crippen LogP contribution is -2.26. The van der Waals surface area contributed by atoms with Crippen LogP contribution in [0.25, 0.3) is 0 Å². The second-order valence-electron chi connectivity index (χ2n) is 7.53. The van der Waals surface area contributed by atoms with Gasteiger partial charge in [0.2, 0.25) is 0 Å². The molecule has 8 heteroatoms. The summed E-state index contributed by atoms with van der Waals surface area (Å²) in [6.45, 7) is 1.65. The normalized spacial score (nSPS) is 20.6. The van der Waals surface area contributed by atoms with Crippen LogP contribution in [0.4, 0.5) is 10.5 Å². The summed E-state index contributed by atoms with van der Waals surface area (Å²) in [4.78, 5) is 15.9. The number of hydrogen-bond donors (Lipinski definition) is 0. The Labute approximate surface area is 157 Å². The predicted octanol–water partition coefficient (Wildman–Crippen LogP) is 1.92. The fourth-order valence-corrected chi connectivity index (χ4v) is 3.41. The van der Waals surface area contributed by atoms with Gasteiger partial charge in [0.05, 0.1) is 30.3 Å². The maximum absolute atomic E-state index is 12.3. The van der Waals surface area contributed by atoms with Gasteiger partial charge in [-0.1, -0.05) is 17.3 Å². The van der Waals surface area contributed by atoms with E-state index in [1.165, 1.54) is 0 Å².